The molecule has 0 aromatic heterocycles. The van der Waals surface area contributed by atoms with Gasteiger partial charge in [-0.1, -0.05) is 36.7 Å². The van der Waals surface area contributed by atoms with Gasteiger partial charge in [-0.3, -0.25) is 9.69 Å². The summed E-state index contributed by atoms with van der Waals surface area (Å²) >= 11 is 6.05. The first kappa shape index (κ1) is 18.2. The van der Waals surface area contributed by atoms with Crippen LogP contribution < -0.4 is 10.1 Å². The Bertz CT molecular complexity index is 689. The van der Waals surface area contributed by atoms with Crippen LogP contribution in [0, 0.1) is 5.82 Å². The van der Waals surface area contributed by atoms with Crippen molar-refractivity contribution in [2.45, 2.75) is 13.5 Å². The smallest absolute Gasteiger partial charge is 0.238 e. The van der Waals surface area contributed by atoms with Gasteiger partial charge in [0.25, 0.3) is 0 Å². The highest BCUT2D eigenvalue weighted by Gasteiger charge is 2.15. The summed E-state index contributed by atoms with van der Waals surface area (Å²) in [6.45, 7) is 2.88. The molecule has 0 heterocycles. The molecule has 0 unspecified atom stereocenters. The van der Waals surface area contributed by atoms with Gasteiger partial charge in [0.2, 0.25) is 5.91 Å². The maximum atomic E-state index is 13.9. The Labute approximate surface area is 146 Å². The van der Waals surface area contributed by atoms with Crippen molar-refractivity contribution in [2.24, 2.45) is 0 Å². The molecule has 0 aliphatic rings. The molecule has 1 N–H and O–H groups in total. The molecule has 1 amide bonds. The highest BCUT2D eigenvalue weighted by Crippen LogP contribution is 2.23. The van der Waals surface area contributed by atoms with E-state index in [9.17, 15) is 9.18 Å². The highest BCUT2D eigenvalue weighted by molar-refractivity contribution is 6.31. The number of para-hydroxylation sites is 2. The Balaban J connectivity index is 2.03. The minimum atomic E-state index is -0.369. The van der Waals surface area contributed by atoms with E-state index in [0.29, 0.717) is 28.6 Å². The second-order valence-electron chi connectivity index (χ2n) is 5.25. The molecule has 24 heavy (non-hydrogen) atoms. The lowest BCUT2D eigenvalue weighted by molar-refractivity contribution is -0.117. The lowest BCUT2D eigenvalue weighted by Crippen LogP contribution is -2.33. The lowest BCUT2D eigenvalue weighted by Gasteiger charge is -2.21. The second-order valence-corrected chi connectivity index (χ2v) is 5.66. The molecule has 6 heteroatoms. The van der Waals surface area contributed by atoms with Crippen LogP contribution in [-0.2, 0) is 11.3 Å². The average Bonchev–Trinajstić information content (AvgIpc) is 2.57. The Morgan fingerprint density at radius 2 is 2.00 bits per heavy atom. The summed E-state index contributed by atoms with van der Waals surface area (Å²) in [6.07, 6.45) is 0. The van der Waals surface area contributed by atoms with Crippen LogP contribution in [0.2, 0.25) is 5.02 Å². The predicted molar refractivity (Wildman–Crippen MR) is 94.0 cm³/mol. The number of hydrogen-bond acceptors (Lipinski definition) is 3. The topological polar surface area (TPSA) is 41.6 Å². The molecule has 2 aromatic rings. The summed E-state index contributed by atoms with van der Waals surface area (Å²) < 4.78 is 19.1. The zero-order valence-corrected chi connectivity index (χ0v) is 14.4. The van der Waals surface area contributed by atoms with Crippen LogP contribution in [0.15, 0.2) is 42.5 Å². The van der Waals surface area contributed by atoms with E-state index in [1.54, 1.807) is 31.4 Å². The predicted octanol–water partition coefficient (Wildman–Crippen LogP) is 3.95. The number of ether oxygens (including phenoxy) is 1. The van der Waals surface area contributed by atoms with Gasteiger partial charge < -0.3 is 10.1 Å². The molecule has 4 nitrogen and oxygen atoms in total. The van der Waals surface area contributed by atoms with Crippen LogP contribution >= 0.6 is 11.6 Å². The molecule has 0 saturated carbocycles. The van der Waals surface area contributed by atoms with Gasteiger partial charge in [0, 0.05) is 17.1 Å². The minimum absolute atomic E-state index is 0.124. The zero-order valence-electron chi connectivity index (χ0n) is 13.7. The summed E-state index contributed by atoms with van der Waals surface area (Å²) in [5.41, 5.74) is 0.996. The molecule has 0 bridgehead atoms. The number of nitrogens with one attached hydrogen (secondary N) is 1. The van der Waals surface area contributed by atoms with Crippen molar-refractivity contribution in [1.82, 2.24) is 4.90 Å². The average molecular weight is 351 g/mol. The minimum Gasteiger partial charge on any atom is -0.495 e. The monoisotopic (exact) mass is 350 g/mol. The first-order valence-corrected chi connectivity index (χ1v) is 8.01. The quantitative estimate of drug-likeness (QED) is 0.822. The van der Waals surface area contributed by atoms with E-state index in [2.05, 4.69) is 5.32 Å². The molecule has 0 atom stereocenters. The Kier molecular flexibility index (Phi) is 6.58. The third-order valence-electron chi connectivity index (χ3n) is 3.64. The summed E-state index contributed by atoms with van der Waals surface area (Å²) in [4.78, 5) is 14.1. The van der Waals surface area contributed by atoms with Gasteiger partial charge in [0.05, 0.1) is 19.3 Å². The van der Waals surface area contributed by atoms with Crippen molar-refractivity contribution in [3.63, 3.8) is 0 Å². The first-order chi connectivity index (χ1) is 11.5. The SMILES string of the molecule is CCN(CC(=O)Nc1ccccc1OC)Cc1c(F)cccc1Cl. The highest BCUT2D eigenvalue weighted by atomic mass is 35.5. The molecule has 2 rings (SSSR count). The maximum absolute atomic E-state index is 13.9. The number of hydrogen-bond donors (Lipinski definition) is 1. The van der Waals surface area contributed by atoms with Crippen LogP contribution in [0.3, 0.4) is 0 Å². The molecule has 2 aromatic carbocycles. The number of likely N-dealkylation sites (N-methyl/N-ethyl adjacent to an activating group) is 1. The Morgan fingerprint density at radius 3 is 2.67 bits per heavy atom. The standard InChI is InChI=1S/C18H20ClFN2O2/c1-3-22(11-13-14(19)7-6-8-15(13)20)12-18(23)21-16-9-4-5-10-17(16)24-2/h4-10H,3,11-12H2,1-2H3,(H,21,23). The summed E-state index contributed by atoms with van der Waals surface area (Å²) in [5.74, 6) is 0.0194. The maximum Gasteiger partial charge on any atom is 0.238 e. The van der Waals surface area contributed by atoms with Gasteiger partial charge >= 0.3 is 0 Å². The first-order valence-electron chi connectivity index (χ1n) is 7.63. The number of rotatable bonds is 7. The van der Waals surface area contributed by atoms with Gasteiger partial charge in [-0.15, -0.1) is 0 Å². The van der Waals surface area contributed by atoms with Crippen LogP contribution in [0.5, 0.6) is 5.75 Å². The van der Waals surface area contributed by atoms with Gasteiger partial charge in [0.15, 0.2) is 0 Å². The van der Waals surface area contributed by atoms with E-state index in [1.165, 1.54) is 6.07 Å². The van der Waals surface area contributed by atoms with E-state index in [1.807, 2.05) is 24.0 Å². The number of halogens is 2. The molecule has 0 aliphatic carbocycles. The largest absolute Gasteiger partial charge is 0.495 e. The van der Waals surface area contributed by atoms with Gasteiger partial charge in [-0.25, -0.2) is 4.39 Å². The fourth-order valence-electron chi connectivity index (χ4n) is 2.33. The Morgan fingerprint density at radius 1 is 1.25 bits per heavy atom. The molecule has 128 valence electrons. The number of methoxy groups -OCH3 is 1. The van der Waals surface area contributed by atoms with Crippen LogP contribution in [0.1, 0.15) is 12.5 Å². The van der Waals surface area contributed by atoms with Crippen LogP contribution in [-0.4, -0.2) is 31.0 Å². The summed E-state index contributed by atoms with van der Waals surface area (Å²) in [6, 6.07) is 11.7. The van der Waals surface area contributed by atoms with Crippen molar-refractivity contribution in [1.29, 1.82) is 0 Å². The normalized spacial score (nSPS) is 10.7. The number of carbonyl (C=O) groups is 1. The number of anilines is 1. The number of nitrogens with zero attached hydrogens (tertiary/aromatic N) is 1. The lowest BCUT2D eigenvalue weighted by atomic mass is 10.2. The molecular weight excluding hydrogens is 331 g/mol. The number of benzene rings is 2. The molecule has 0 aliphatic heterocycles. The molecule has 0 saturated heterocycles. The van der Waals surface area contributed by atoms with E-state index in [-0.39, 0.29) is 24.8 Å². The zero-order chi connectivity index (χ0) is 17.5. The number of carbonyl (C=O) groups excluding carboxylic acids is 1. The molecule has 0 radical (unpaired) electrons. The van der Waals surface area contributed by atoms with Gasteiger partial charge in [-0.2, -0.15) is 0 Å². The Hall–Kier alpha value is -2.11. The van der Waals surface area contributed by atoms with Crippen molar-refractivity contribution in [3.05, 3.63) is 58.9 Å². The van der Waals surface area contributed by atoms with E-state index >= 15 is 0 Å². The van der Waals surface area contributed by atoms with E-state index in [4.69, 9.17) is 16.3 Å². The van der Waals surface area contributed by atoms with Gasteiger partial charge in [0.1, 0.15) is 11.6 Å². The molecule has 0 spiro atoms. The van der Waals surface area contributed by atoms with E-state index < -0.39 is 0 Å². The van der Waals surface area contributed by atoms with Crippen molar-refractivity contribution >= 4 is 23.2 Å². The van der Waals surface area contributed by atoms with Crippen molar-refractivity contribution < 1.29 is 13.9 Å². The third kappa shape index (κ3) is 4.69. The second kappa shape index (κ2) is 8.66. The van der Waals surface area contributed by atoms with Crippen LogP contribution in [0.25, 0.3) is 0 Å². The number of amides is 1. The molecular formula is C18H20ClFN2O2. The third-order valence-corrected chi connectivity index (χ3v) is 3.99. The van der Waals surface area contributed by atoms with E-state index in [0.717, 1.165) is 0 Å². The van der Waals surface area contributed by atoms with Crippen molar-refractivity contribution in [2.75, 3.05) is 25.5 Å². The fraction of sp³-hybridized carbons (Fsp3) is 0.278. The fourth-order valence-corrected chi connectivity index (χ4v) is 2.55. The summed E-state index contributed by atoms with van der Waals surface area (Å²) in [7, 11) is 1.55. The summed E-state index contributed by atoms with van der Waals surface area (Å²) in [5, 5.41) is 3.17. The van der Waals surface area contributed by atoms with Gasteiger partial charge in [-0.05, 0) is 30.8 Å². The van der Waals surface area contributed by atoms with Crippen molar-refractivity contribution in [3.8, 4) is 5.75 Å². The molecule has 0 fully saturated rings. The van der Waals surface area contributed by atoms with Crippen LogP contribution in [0.4, 0.5) is 10.1 Å².